The Morgan fingerprint density at radius 2 is 1.50 bits per heavy atom. The summed E-state index contributed by atoms with van der Waals surface area (Å²) in [7, 11) is -3.80. The first-order valence-electron chi connectivity index (χ1n) is 7.64. The number of amides is 3. The lowest BCUT2D eigenvalue weighted by Crippen LogP contribution is -2.35. The van der Waals surface area contributed by atoms with E-state index >= 15 is 0 Å². The standard InChI is InChI=1S/C17H15N3O5S/c18-15(21)11-5-7-12(8-6-11)19-26(24,25)10-9-20-16(22)13-3-1-2-4-14(13)17(20)23/h1-8,19H,9-10H2,(H2,18,21). The monoisotopic (exact) mass is 373 g/mol. The molecule has 0 spiro atoms. The second-order valence-corrected chi connectivity index (χ2v) is 7.51. The van der Waals surface area contributed by atoms with Gasteiger partial charge in [0.2, 0.25) is 15.9 Å². The minimum Gasteiger partial charge on any atom is -0.366 e. The Morgan fingerprint density at radius 3 is 2.00 bits per heavy atom. The molecule has 0 atom stereocenters. The number of anilines is 1. The van der Waals surface area contributed by atoms with Gasteiger partial charge in [-0.3, -0.25) is 24.0 Å². The van der Waals surface area contributed by atoms with Crippen molar-refractivity contribution in [3.63, 3.8) is 0 Å². The number of primary amides is 1. The Morgan fingerprint density at radius 1 is 0.962 bits per heavy atom. The number of nitrogens with one attached hydrogen (secondary N) is 1. The molecule has 0 aliphatic carbocycles. The molecule has 0 saturated carbocycles. The third-order valence-corrected chi connectivity index (χ3v) is 5.17. The molecule has 1 aliphatic rings. The predicted molar refractivity (Wildman–Crippen MR) is 94.2 cm³/mol. The molecule has 0 aromatic heterocycles. The number of hydrogen-bond donors (Lipinski definition) is 2. The summed E-state index contributed by atoms with van der Waals surface area (Å²) in [5.41, 5.74) is 6.16. The number of imide groups is 1. The van der Waals surface area contributed by atoms with Gasteiger partial charge in [0.1, 0.15) is 0 Å². The van der Waals surface area contributed by atoms with E-state index in [1.165, 1.54) is 36.4 Å². The average molecular weight is 373 g/mol. The molecule has 0 saturated heterocycles. The van der Waals surface area contributed by atoms with Gasteiger partial charge in [-0.15, -0.1) is 0 Å². The Balaban J connectivity index is 1.66. The molecule has 26 heavy (non-hydrogen) atoms. The van der Waals surface area contributed by atoms with Crippen LogP contribution in [0.1, 0.15) is 31.1 Å². The van der Waals surface area contributed by atoms with E-state index in [2.05, 4.69) is 4.72 Å². The lowest BCUT2D eigenvalue weighted by Gasteiger charge is -2.14. The van der Waals surface area contributed by atoms with Gasteiger partial charge in [-0.1, -0.05) is 12.1 Å². The summed E-state index contributed by atoms with van der Waals surface area (Å²) in [4.78, 5) is 36.4. The van der Waals surface area contributed by atoms with Crippen LogP contribution in [0.5, 0.6) is 0 Å². The summed E-state index contributed by atoms with van der Waals surface area (Å²) < 4.78 is 26.7. The van der Waals surface area contributed by atoms with Crippen molar-refractivity contribution in [3.8, 4) is 0 Å². The van der Waals surface area contributed by atoms with Crippen molar-refractivity contribution >= 4 is 33.4 Å². The van der Waals surface area contributed by atoms with E-state index in [1.807, 2.05) is 0 Å². The fraction of sp³-hybridized carbons (Fsp3) is 0.118. The maximum atomic E-state index is 12.2. The zero-order valence-corrected chi connectivity index (χ0v) is 14.3. The van der Waals surface area contributed by atoms with E-state index in [4.69, 9.17) is 5.73 Å². The number of sulfonamides is 1. The molecule has 3 rings (SSSR count). The average Bonchev–Trinajstić information content (AvgIpc) is 2.85. The second-order valence-electron chi connectivity index (χ2n) is 5.67. The molecule has 2 aromatic carbocycles. The minimum absolute atomic E-state index is 0.248. The maximum Gasteiger partial charge on any atom is 0.261 e. The van der Waals surface area contributed by atoms with Gasteiger partial charge in [0.25, 0.3) is 11.8 Å². The fourth-order valence-electron chi connectivity index (χ4n) is 2.59. The van der Waals surface area contributed by atoms with E-state index in [0.717, 1.165) is 4.90 Å². The van der Waals surface area contributed by atoms with E-state index in [-0.39, 0.29) is 28.9 Å². The van der Waals surface area contributed by atoms with Gasteiger partial charge in [-0.2, -0.15) is 0 Å². The van der Waals surface area contributed by atoms with Crippen LogP contribution in [-0.4, -0.2) is 43.3 Å². The van der Waals surface area contributed by atoms with Crippen LogP contribution in [-0.2, 0) is 10.0 Å². The quantitative estimate of drug-likeness (QED) is 0.725. The first kappa shape index (κ1) is 17.6. The van der Waals surface area contributed by atoms with Crippen molar-refractivity contribution in [2.75, 3.05) is 17.0 Å². The zero-order chi connectivity index (χ0) is 18.9. The van der Waals surface area contributed by atoms with Crippen LogP contribution in [0.2, 0.25) is 0 Å². The molecule has 1 aliphatic heterocycles. The van der Waals surface area contributed by atoms with E-state index in [9.17, 15) is 22.8 Å². The van der Waals surface area contributed by atoms with E-state index < -0.39 is 33.5 Å². The van der Waals surface area contributed by atoms with E-state index in [1.54, 1.807) is 12.1 Å². The van der Waals surface area contributed by atoms with Gasteiger partial charge in [0, 0.05) is 17.8 Å². The number of carbonyl (C=O) groups is 3. The molecule has 3 amide bonds. The molecule has 8 nitrogen and oxygen atoms in total. The summed E-state index contributed by atoms with van der Waals surface area (Å²) in [6, 6.07) is 11.9. The van der Waals surface area contributed by atoms with Crippen molar-refractivity contribution in [3.05, 3.63) is 65.2 Å². The number of benzene rings is 2. The third-order valence-electron chi connectivity index (χ3n) is 3.90. The topological polar surface area (TPSA) is 127 Å². The van der Waals surface area contributed by atoms with Crippen LogP contribution in [0, 0.1) is 0 Å². The van der Waals surface area contributed by atoms with Crippen LogP contribution >= 0.6 is 0 Å². The zero-order valence-electron chi connectivity index (χ0n) is 13.5. The number of carbonyl (C=O) groups excluding carboxylic acids is 3. The van der Waals surface area contributed by atoms with Crippen LogP contribution in [0.4, 0.5) is 5.69 Å². The molecule has 0 bridgehead atoms. The highest BCUT2D eigenvalue weighted by Gasteiger charge is 2.35. The molecular formula is C17H15N3O5S. The van der Waals surface area contributed by atoms with Crippen LogP contribution in [0.3, 0.4) is 0 Å². The highest BCUT2D eigenvalue weighted by molar-refractivity contribution is 7.92. The Hall–Kier alpha value is -3.20. The fourth-order valence-corrected chi connectivity index (χ4v) is 3.61. The Kier molecular flexibility index (Phi) is 4.47. The number of nitrogens with two attached hydrogens (primary N) is 1. The highest BCUT2D eigenvalue weighted by atomic mass is 32.2. The summed E-state index contributed by atoms with van der Waals surface area (Å²) >= 11 is 0. The lowest BCUT2D eigenvalue weighted by atomic mass is 10.1. The first-order chi connectivity index (χ1) is 12.3. The summed E-state index contributed by atoms with van der Waals surface area (Å²) in [5, 5.41) is 0. The van der Waals surface area contributed by atoms with Gasteiger partial charge < -0.3 is 5.73 Å². The highest BCUT2D eigenvalue weighted by Crippen LogP contribution is 2.22. The van der Waals surface area contributed by atoms with Crippen molar-refractivity contribution in [2.24, 2.45) is 5.73 Å². The number of hydrogen-bond acceptors (Lipinski definition) is 5. The Labute approximate surface area is 149 Å². The number of fused-ring (bicyclic) bond motifs is 1. The molecule has 0 fully saturated rings. The van der Waals surface area contributed by atoms with Gasteiger partial charge in [0.05, 0.1) is 16.9 Å². The molecule has 1 heterocycles. The Bertz CT molecular complexity index is 964. The summed E-state index contributed by atoms with van der Waals surface area (Å²) in [6.45, 7) is -0.263. The van der Waals surface area contributed by atoms with Crippen LogP contribution in [0.25, 0.3) is 0 Å². The van der Waals surface area contributed by atoms with Crippen LogP contribution in [0.15, 0.2) is 48.5 Å². The van der Waals surface area contributed by atoms with Crippen molar-refractivity contribution in [1.29, 1.82) is 0 Å². The normalized spacial score (nSPS) is 13.6. The number of rotatable bonds is 6. The number of nitrogens with zero attached hydrogens (tertiary/aromatic N) is 1. The largest absolute Gasteiger partial charge is 0.366 e. The van der Waals surface area contributed by atoms with Crippen molar-refractivity contribution in [1.82, 2.24) is 4.90 Å². The third kappa shape index (κ3) is 3.42. The second kappa shape index (κ2) is 6.60. The SMILES string of the molecule is NC(=O)c1ccc(NS(=O)(=O)CCN2C(=O)c3ccccc3C2=O)cc1. The molecule has 9 heteroatoms. The van der Waals surface area contributed by atoms with Gasteiger partial charge in [-0.25, -0.2) is 8.42 Å². The van der Waals surface area contributed by atoms with Gasteiger partial charge in [0.15, 0.2) is 0 Å². The lowest BCUT2D eigenvalue weighted by molar-refractivity contribution is 0.0663. The molecule has 2 aromatic rings. The first-order valence-corrected chi connectivity index (χ1v) is 9.29. The van der Waals surface area contributed by atoms with Gasteiger partial charge in [-0.05, 0) is 36.4 Å². The predicted octanol–water partition coefficient (Wildman–Crippen LogP) is 0.823. The van der Waals surface area contributed by atoms with Crippen LogP contribution < -0.4 is 10.5 Å². The molecule has 0 radical (unpaired) electrons. The molecule has 3 N–H and O–H groups in total. The summed E-state index contributed by atoms with van der Waals surface area (Å²) in [6.07, 6.45) is 0. The molecular weight excluding hydrogens is 358 g/mol. The minimum atomic E-state index is -3.80. The molecule has 134 valence electrons. The van der Waals surface area contributed by atoms with E-state index in [0.29, 0.717) is 0 Å². The van der Waals surface area contributed by atoms with Gasteiger partial charge >= 0.3 is 0 Å². The van der Waals surface area contributed by atoms with Crippen molar-refractivity contribution in [2.45, 2.75) is 0 Å². The molecule has 0 unspecified atom stereocenters. The van der Waals surface area contributed by atoms with Crippen molar-refractivity contribution < 1.29 is 22.8 Å². The summed E-state index contributed by atoms with van der Waals surface area (Å²) in [5.74, 6) is -2.08. The maximum absolute atomic E-state index is 12.2. The smallest absolute Gasteiger partial charge is 0.261 e.